The molecular weight excluding hydrogens is 362 g/mol. The van der Waals surface area contributed by atoms with Crippen LogP contribution in [0.5, 0.6) is 0 Å². The lowest BCUT2D eigenvalue weighted by Gasteiger charge is -2.16. The molecule has 2 aromatic rings. The summed E-state index contributed by atoms with van der Waals surface area (Å²) in [5.74, 6) is 0. The van der Waals surface area contributed by atoms with Crippen molar-refractivity contribution in [2.45, 2.75) is 17.2 Å². The second-order valence-electron chi connectivity index (χ2n) is 4.29. The van der Waals surface area contributed by atoms with E-state index in [0.29, 0.717) is 0 Å². The zero-order valence-electron chi connectivity index (χ0n) is 10.7. The molecule has 0 radical (unpaired) electrons. The van der Waals surface area contributed by atoms with E-state index in [2.05, 4.69) is 20.7 Å². The highest BCUT2D eigenvalue weighted by Crippen LogP contribution is 2.31. The van der Waals surface area contributed by atoms with Crippen molar-refractivity contribution in [2.75, 3.05) is 6.61 Å². The van der Waals surface area contributed by atoms with Gasteiger partial charge in [0.05, 0.1) is 16.4 Å². The standard InChI is InChI=1S/C13H14BrNO3S2/c1-9-7-12(19-13(9)14)20(17,18)15-11(8-16)10-5-3-2-4-6-10/h2-7,11,15-16H,8H2,1H3/t11-/m0/s1. The molecule has 0 fully saturated rings. The number of halogens is 1. The third-order valence-electron chi connectivity index (χ3n) is 2.78. The predicted octanol–water partition coefficient (Wildman–Crippen LogP) is 2.83. The second kappa shape index (κ2) is 6.36. The molecule has 0 unspecified atom stereocenters. The van der Waals surface area contributed by atoms with Crippen molar-refractivity contribution in [3.05, 3.63) is 51.3 Å². The third kappa shape index (κ3) is 3.48. The minimum Gasteiger partial charge on any atom is -0.394 e. The summed E-state index contributed by atoms with van der Waals surface area (Å²) in [5, 5.41) is 9.42. The highest BCUT2D eigenvalue weighted by Gasteiger charge is 2.23. The Morgan fingerprint density at radius 3 is 2.50 bits per heavy atom. The number of aliphatic hydroxyl groups excluding tert-OH is 1. The van der Waals surface area contributed by atoms with Crippen LogP contribution in [0.1, 0.15) is 17.2 Å². The molecule has 2 rings (SSSR count). The van der Waals surface area contributed by atoms with Crippen molar-refractivity contribution in [1.82, 2.24) is 4.72 Å². The van der Waals surface area contributed by atoms with Gasteiger partial charge in [-0.3, -0.25) is 0 Å². The van der Waals surface area contributed by atoms with Crippen LogP contribution in [0.3, 0.4) is 0 Å². The molecule has 7 heteroatoms. The summed E-state index contributed by atoms with van der Waals surface area (Å²) in [7, 11) is -3.64. The van der Waals surface area contributed by atoms with Gasteiger partial charge in [0.1, 0.15) is 4.21 Å². The molecular formula is C13H14BrNO3S2. The van der Waals surface area contributed by atoms with Crippen LogP contribution in [0, 0.1) is 6.92 Å². The first-order valence-corrected chi connectivity index (χ1v) is 8.97. The number of nitrogens with one attached hydrogen (secondary N) is 1. The van der Waals surface area contributed by atoms with E-state index in [1.54, 1.807) is 30.3 Å². The van der Waals surface area contributed by atoms with Crippen LogP contribution in [0.2, 0.25) is 0 Å². The maximum atomic E-state index is 12.3. The van der Waals surface area contributed by atoms with E-state index in [0.717, 1.165) is 26.3 Å². The quantitative estimate of drug-likeness (QED) is 0.844. The molecule has 0 saturated heterocycles. The fourth-order valence-corrected chi connectivity index (χ4v) is 5.16. The number of aliphatic hydroxyl groups is 1. The average molecular weight is 376 g/mol. The van der Waals surface area contributed by atoms with Gasteiger partial charge in [-0.15, -0.1) is 11.3 Å². The summed E-state index contributed by atoms with van der Waals surface area (Å²) in [6, 6.07) is 9.96. The van der Waals surface area contributed by atoms with E-state index in [1.807, 2.05) is 13.0 Å². The molecule has 0 spiro atoms. The molecule has 0 bridgehead atoms. The van der Waals surface area contributed by atoms with E-state index in [1.165, 1.54) is 0 Å². The largest absolute Gasteiger partial charge is 0.394 e. The fraction of sp³-hybridized carbons (Fsp3) is 0.231. The molecule has 1 aromatic carbocycles. The second-order valence-corrected chi connectivity index (χ2v) is 8.60. The Kier molecular flexibility index (Phi) is 4.98. The first-order valence-electron chi connectivity index (χ1n) is 5.88. The highest BCUT2D eigenvalue weighted by molar-refractivity contribution is 9.11. The molecule has 4 nitrogen and oxygen atoms in total. The maximum absolute atomic E-state index is 12.3. The third-order valence-corrected chi connectivity index (χ3v) is 6.86. The Morgan fingerprint density at radius 2 is 2.00 bits per heavy atom. The molecule has 0 aliphatic carbocycles. The molecule has 1 aromatic heterocycles. The Bertz CT molecular complexity index is 663. The van der Waals surface area contributed by atoms with Gasteiger partial charge in [-0.2, -0.15) is 0 Å². The van der Waals surface area contributed by atoms with Crippen LogP contribution in [0.4, 0.5) is 0 Å². The van der Waals surface area contributed by atoms with Crippen molar-refractivity contribution in [1.29, 1.82) is 0 Å². The van der Waals surface area contributed by atoms with Gasteiger partial charge < -0.3 is 5.11 Å². The minimum absolute atomic E-state index is 0.233. The SMILES string of the molecule is Cc1cc(S(=O)(=O)N[C@@H](CO)c2ccccc2)sc1Br. The van der Waals surface area contributed by atoms with Gasteiger partial charge in [0.15, 0.2) is 0 Å². The molecule has 0 amide bonds. The number of hydrogen-bond acceptors (Lipinski definition) is 4. The monoisotopic (exact) mass is 375 g/mol. The number of sulfonamides is 1. The van der Waals surface area contributed by atoms with Crippen LogP contribution in [0.25, 0.3) is 0 Å². The van der Waals surface area contributed by atoms with Gasteiger partial charge in [-0.25, -0.2) is 13.1 Å². The maximum Gasteiger partial charge on any atom is 0.250 e. The molecule has 1 atom stereocenters. The first kappa shape index (κ1) is 15.7. The summed E-state index contributed by atoms with van der Waals surface area (Å²) >= 11 is 4.47. The summed E-state index contributed by atoms with van der Waals surface area (Å²) < 4.78 is 28.2. The Balaban J connectivity index is 2.27. The minimum atomic E-state index is -3.64. The Morgan fingerprint density at radius 1 is 1.35 bits per heavy atom. The molecule has 20 heavy (non-hydrogen) atoms. The Hall–Kier alpha value is -0.730. The van der Waals surface area contributed by atoms with Crippen molar-refractivity contribution < 1.29 is 13.5 Å². The van der Waals surface area contributed by atoms with Crippen LogP contribution in [-0.4, -0.2) is 20.1 Å². The summed E-state index contributed by atoms with van der Waals surface area (Å²) in [4.78, 5) is 0. The molecule has 0 aliphatic rings. The van der Waals surface area contributed by atoms with Gasteiger partial charge in [-0.05, 0) is 40.0 Å². The molecule has 0 aliphatic heterocycles. The normalized spacial score (nSPS) is 13.3. The van der Waals surface area contributed by atoms with E-state index in [4.69, 9.17) is 0 Å². The number of rotatable bonds is 5. The van der Waals surface area contributed by atoms with E-state index in [9.17, 15) is 13.5 Å². The van der Waals surface area contributed by atoms with E-state index >= 15 is 0 Å². The number of aryl methyl sites for hydroxylation is 1. The Labute approximate surface area is 130 Å². The first-order chi connectivity index (χ1) is 9.44. The highest BCUT2D eigenvalue weighted by atomic mass is 79.9. The predicted molar refractivity (Wildman–Crippen MR) is 83.3 cm³/mol. The van der Waals surface area contributed by atoms with Gasteiger partial charge in [0, 0.05) is 0 Å². The van der Waals surface area contributed by atoms with Crippen LogP contribution < -0.4 is 4.72 Å². The van der Waals surface area contributed by atoms with Crippen LogP contribution in [0.15, 0.2) is 44.4 Å². The summed E-state index contributed by atoms with van der Waals surface area (Å²) in [5.41, 5.74) is 1.60. The fourth-order valence-electron chi connectivity index (χ4n) is 1.71. The smallest absolute Gasteiger partial charge is 0.250 e. The van der Waals surface area contributed by atoms with Gasteiger partial charge >= 0.3 is 0 Å². The lowest BCUT2D eigenvalue weighted by Crippen LogP contribution is -2.30. The van der Waals surface area contributed by atoms with Crippen molar-refractivity contribution in [3.63, 3.8) is 0 Å². The van der Waals surface area contributed by atoms with Gasteiger partial charge in [0.25, 0.3) is 10.0 Å². The van der Waals surface area contributed by atoms with Crippen LogP contribution >= 0.6 is 27.3 Å². The van der Waals surface area contributed by atoms with E-state index in [-0.39, 0.29) is 10.8 Å². The lowest BCUT2D eigenvalue weighted by molar-refractivity contribution is 0.259. The van der Waals surface area contributed by atoms with Crippen molar-refractivity contribution >= 4 is 37.3 Å². The molecule has 2 N–H and O–H groups in total. The molecule has 108 valence electrons. The summed E-state index contributed by atoms with van der Waals surface area (Å²) in [6.07, 6.45) is 0. The topological polar surface area (TPSA) is 66.4 Å². The number of hydrogen-bond donors (Lipinski definition) is 2. The zero-order chi connectivity index (χ0) is 14.8. The number of benzene rings is 1. The molecule has 1 heterocycles. The average Bonchev–Trinajstić information content (AvgIpc) is 2.78. The number of thiophene rings is 1. The lowest BCUT2D eigenvalue weighted by atomic mass is 10.1. The van der Waals surface area contributed by atoms with Crippen molar-refractivity contribution in [2.24, 2.45) is 0 Å². The van der Waals surface area contributed by atoms with E-state index < -0.39 is 16.1 Å². The summed E-state index contributed by atoms with van der Waals surface area (Å²) in [6.45, 7) is 1.54. The zero-order valence-corrected chi connectivity index (χ0v) is 13.9. The van der Waals surface area contributed by atoms with Crippen molar-refractivity contribution in [3.8, 4) is 0 Å². The van der Waals surface area contributed by atoms with Gasteiger partial charge in [0.2, 0.25) is 0 Å². The van der Waals surface area contributed by atoms with Crippen LogP contribution in [-0.2, 0) is 10.0 Å². The van der Waals surface area contributed by atoms with Gasteiger partial charge in [-0.1, -0.05) is 30.3 Å². The molecule has 0 saturated carbocycles.